The first-order chi connectivity index (χ1) is 8.83. The number of hydrogen-bond donors (Lipinski definition) is 2. The van der Waals surface area contributed by atoms with E-state index in [0.29, 0.717) is 12.0 Å². The number of carbonyl (C=O) groups excluding carboxylic acids is 1. The van der Waals surface area contributed by atoms with Crippen molar-refractivity contribution in [1.82, 2.24) is 15.5 Å². The largest absolute Gasteiger partial charge is 0.334 e. The number of nitrogens with one attached hydrogen (secondary N) is 2. The number of amides is 2. The highest BCUT2D eigenvalue weighted by molar-refractivity contribution is 5.75. The van der Waals surface area contributed by atoms with Gasteiger partial charge in [-0.3, -0.25) is 0 Å². The van der Waals surface area contributed by atoms with E-state index in [2.05, 4.69) is 34.9 Å². The van der Waals surface area contributed by atoms with Gasteiger partial charge in [0.2, 0.25) is 0 Å². The maximum Gasteiger partial charge on any atom is 0.317 e. The lowest BCUT2D eigenvalue weighted by Gasteiger charge is -2.40. The molecular formula is C14H19N3O. The Kier molecular flexibility index (Phi) is 3.19. The molecule has 0 aromatic heterocycles. The molecule has 0 bridgehead atoms. The molecule has 1 unspecified atom stereocenters. The molecule has 3 rings (SSSR count). The quantitative estimate of drug-likeness (QED) is 0.821. The molecule has 0 aliphatic carbocycles. The van der Waals surface area contributed by atoms with Crippen LogP contribution in [-0.2, 0) is 0 Å². The molecule has 4 nitrogen and oxygen atoms in total. The van der Waals surface area contributed by atoms with E-state index in [1.165, 1.54) is 5.56 Å². The fourth-order valence-electron chi connectivity index (χ4n) is 2.62. The molecule has 2 aliphatic rings. The first kappa shape index (κ1) is 11.5. The molecule has 1 aromatic rings. The molecular weight excluding hydrogens is 226 g/mol. The lowest BCUT2D eigenvalue weighted by atomic mass is 9.92. The normalized spacial score (nSPS) is 23.8. The number of urea groups is 1. The van der Waals surface area contributed by atoms with E-state index < -0.39 is 0 Å². The molecule has 0 radical (unpaired) electrons. The third-order valence-electron chi connectivity index (χ3n) is 3.83. The van der Waals surface area contributed by atoms with Gasteiger partial charge in [-0.05, 0) is 18.5 Å². The number of benzene rings is 1. The molecule has 2 fully saturated rings. The monoisotopic (exact) mass is 245 g/mol. The molecule has 0 saturated carbocycles. The highest BCUT2D eigenvalue weighted by Gasteiger charge is 2.32. The van der Waals surface area contributed by atoms with Gasteiger partial charge >= 0.3 is 6.03 Å². The van der Waals surface area contributed by atoms with Crippen LogP contribution in [0.1, 0.15) is 17.9 Å². The molecule has 4 heteroatoms. The van der Waals surface area contributed by atoms with Crippen molar-refractivity contribution in [3.05, 3.63) is 35.9 Å². The van der Waals surface area contributed by atoms with Gasteiger partial charge < -0.3 is 15.5 Å². The van der Waals surface area contributed by atoms with Gasteiger partial charge in [-0.25, -0.2) is 4.79 Å². The Morgan fingerprint density at radius 2 is 2.06 bits per heavy atom. The average Bonchev–Trinajstić information content (AvgIpc) is 2.81. The molecule has 2 amide bonds. The highest BCUT2D eigenvalue weighted by atomic mass is 16.2. The van der Waals surface area contributed by atoms with E-state index in [-0.39, 0.29) is 6.03 Å². The molecule has 2 aliphatic heterocycles. The topological polar surface area (TPSA) is 44.4 Å². The standard InChI is InChI=1S/C14H19N3O/c18-14(16-13-6-7-15-8-13)17-9-12(10-17)11-4-2-1-3-5-11/h1-5,12-13,15H,6-10H2,(H,16,18). The van der Waals surface area contributed by atoms with Crippen molar-refractivity contribution in [2.45, 2.75) is 18.4 Å². The Bertz CT molecular complexity index is 408. The second-order valence-electron chi connectivity index (χ2n) is 5.15. The third kappa shape index (κ3) is 2.34. The molecule has 2 N–H and O–H groups in total. The van der Waals surface area contributed by atoms with Crippen molar-refractivity contribution in [3.8, 4) is 0 Å². The summed E-state index contributed by atoms with van der Waals surface area (Å²) in [6, 6.07) is 10.8. The van der Waals surface area contributed by atoms with Crippen molar-refractivity contribution < 1.29 is 4.79 Å². The maximum atomic E-state index is 11.9. The smallest absolute Gasteiger partial charge is 0.317 e. The Hall–Kier alpha value is -1.55. The number of carbonyl (C=O) groups is 1. The summed E-state index contributed by atoms with van der Waals surface area (Å²) in [4.78, 5) is 13.8. The molecule has 2 heterocycles. The Morgan fingerprint density at radius 1 is 1.28 bits per heavy atom. The summed E-state index contributed by atoms with van der Waals surface area (Å²) < 4.78 is 0. The lowest BCUT2D eigenvalue weighted by molar-refractivity contribution is 0.148. The van der Waals surface area contributed by atoms with E-state index in [4.69, 9.17) is 0 Å². The van der Waals surface area contributed by atoms with E-state index in [1.807, 2.05) is 11.0 Å². The summed E-state index contributed by atoms with van der Waals surface area (Å²) in [6.07, 6.45) is 1.04. The average molecular weight is 245 g/mol. The summed E-state index contributed by atoms with van der Waals surface area (Å²) >= 11 is 0. The molecule has 18 heavy (non-hydrogen) atoms. The summed E-state index contributed by atoms with van der Waals surface area (Å²) in [5.41, 5.74) is 1.34. The molecule has 2 saturated heterocycles. The summed E-state index contributed by atoms with van der Waals surface area (Å²) in [6.45, 7) is 3.60. The van der Waals surface area contributed by atoms with Gasteiger partial charge in [0.15, 0.2) is 0 Å². The van der Waals surface area contributed by atoms with E-state index in [0.717, 1.165) is 32.6 Å². The molecule has 0 spiro atoms. The van der Waals surface area contributed by atoms with Crippen LogP contribution in [0.2, 0.25) is 0 Å². The van der Waals surface area contributed by atoms with E-state index >= 15 is 0 Å². The summed E-state index contributed by atoms with van der Waals surface area (Å²) in [5.74, 6) is 0.513. The molecule has 1 aromatic carbocycles. The van der Waals surface area contributed by atoms with Crippen LogP contribution in [0.15, 0.2) is 30.3 Å². The van der Waals surface area contributed by atoms with Gasteiger partial charge in [0, 0.05) is 31.6 Å². The zero-order chi connectivity index (χ0) is 12.4. The van der Waals surface area contributed by atoms with Crippen LogP contribution in [0.3, 0.4) is 0 Å². The van der Waals surface area contributed by atoms with Crippen LogP contribution in [0.5, 0.6) is 0 Å². The Balaban J connectivity index is 1.48. The van der Waals surface area contributed by atoms with Gasteiger partial charge in [-0.15, -0.1) is 0 Å². The van der Waals surface area contributed by atoms with Crippen LogP contribution >= 0.6 is 0 Å². The second-order valence-corrected chi connectivity index (χ2v) is 5.15. The van der Waals surface area contributed by atoms with Crippen molar-refractivity contribution in [2.24, 2.45) is 0 Å². The minimum Gasteiger partial charge on any atom is -0.334 e. The minimum absolute atomic E-state index is 0.0934. The van der Waals surface area contributed by atoms with Gasteiger partial charge in [-0.2, -0.15) is 0 Å². The maximum absolute atomic E-state index is 11.9. The fourth-order valence-corrected chi connectivity index (χ4v) is 2.62. The predicted octanol–water partition coefficient (Wildman–Crippen LogP) is 1.16. The van der Waals surface area contributed by atoms with Crippen LogP contribution in [0, 0.1) is 0 Å². The van der Waals surface area contributed by atoms with Gasteiger partial charge in [0.05, 0.1) is 0 Å². The SMILES string of the molecule is O=C(NC1CCNC1)N1CC(c2ccccc2)C1. The fraction of sp³-hybridized carbons (Fsp3) is 0.500. The zero-order valence-electron chi connectivity index (χ0n) is 10.4. The summed E-state index contributed by atoms with van der Waals surface area (Å²) in [7, 11) is 0. The number of rotatable bonds is 2. The first-order valence-electron chi connectivity index (χ1n) is 6.64. The minimum atomic E-state index is 0.0934. The van der Waals surface area contributed by atoms with Crippen LogP contribution in [-0.4, -0.2) is 43.2 Å². The second kappa shape index (κ2) is 4.98. The van der Waals surface area contributed by atoms with Crippen molar-refractivity contribution in [3.63, 3.8) is 0 Å². The van der Waals surface area contributed by atoms with Gasteiger partial charge in [0.25, 0.3) is 0 Å². The van der Waals surface area contributed by atoms with Crippen LogP contribution < -0.4 is 10.6 Å². The van der Waals surface area contributed by atoms with Gasteiger partial charge in [0.1, 0.15) is 0 Å². The number of hydrogen-bond acceptors (Lipinski definition) is 2. The Labute approximate surface area is 107 Å². The van der Waals surface area contributed by atoms with Crippen LogP contribution in [0.4, 0.5) is 4.79 Å². The third-order valence-corrected chi connectivity index (χ3v) is 3.83. The molecule has 96 valence electrons. The lowest BCUT2D eigenvalue weighted by Crippen LogP contribution is -2.54. The van der Waals surface area contributed by atoms with E-state index in [9.17, 15) is 4.79 Å². The van der Waals surface area contributed by atoms with Crippen molar-refractivity contribution >= 4 is 6.03 Å². The Morgan fingerprint density at radius 3 is 2.72 bits per heavy atom. The van der Waals surface area contributed by atoms with Crippen molar-refractivity contribution in [2.75, 3.05) is 26.2 Å². The highest BCUT2D eigenvalue weighted by Crippen LogP contribution is 2.26. The zero-order valence-corrected chi connectivity index (χ0v) is 10.4. The van der Waals surface area contributed by atoms with E-state index in [1.54, 1.807) is 0 Å². The van der Waals surface area contributed by atoms with Crippen LogP contribution in [0.25, 0.3) is 0 Å². The van der Waals surface area contributed by atoms with Gasteiger partial charge in [-0.1, -0.05) is 30.3 Å². The number of likely N-dealkylation sites (tertiary alicyclic amines) is 1. The van der Waals surface area contributed by atoms with Crippen molar-refractivity contribution in [1.29, 1.82) is 0 Å². The first-order valence-corrected chi connectivity index (χ1v) is 6.64. The summed E-state index contributed by atoms with van der Waals surface area (Å²) in [5, 5.41) is 6.33. The molecule has 1 atom stereocenters. The predicted molar refractivity (Wildman–Crippen MR) is 70.6 cm³/mol. The number of nitrogens with zero attached hydrogens (tertiary/aromatic N) is 1.